The van der Waals surface area contributed by atoms with E-state index in [0.717, 1.165) is 31.4 Å². The van der Waals surface area contributed by atoms with Crippen molar-refractivity contribution in [3.63, 3.8) is 0 Å². The summed E-state index contributed by atoms with van der Waals surface area (Å²) in [7, 11) is 0. The number of aliphatic carboxylic acids is 1. The predicted molar refractivity (Wildman–Crippen MR) is 96.7 cm³/mol. The van der Waals surface area contributed by atoms with Crippen molar-refractivity contribution in [2.75, 3.05) is 26.3 Å². The highest BCUT2D eigenvalue weighted by Crippen LogP contribution is 2.45. The summed E-state index contributed by atoms with van der Waals surface area (Å²) in [4.78, 5) is 17.7. The molecule has 3 heterocycles. The lowest BCUT2D eigenvalue weighted by Gasteiger charge is -2.36. The van der Waals surface area contributed by atoms with Gasteiger partial charge in [0.1, 0.15) is 0 Å². The number of rotatable bonds is 3. The molecule has 2 saturated heterocycles. The van der Waals surface area contributed by atoms with Crippen LogP contribution in [0, 0.1) is 25.2 Å². The van der Waals surface area contributed by atoms with E-state index in [1.54, 1.807) is 0 Å². The van der Waals surface area contributed by atoms with Gasteiger partial charge in [0.25, 0.3) is 0 Å². The van der Waals surface area contributed by atoms with E-state index >= 15 is 0 Å². The smallest absolute Gasteiger partial charge is 0.308 e. The number of H-pyrrole nitrogens is 1. The van der Waals surface area contributed by atoms with E-state index in [1.165, 1.54) is 22.2 Å². The molecule has 2 aliphatic rings. The van der Waals surface area contributed by atoms with Gasteiger partial charge in [0, 0.05) is 54.9 Å². The number of likely N-dealkylation sites (tertiary alicyclic amines) is 1. The van der Waals surface area contributed by atoms with E-state index in [0.29, 0.717) is 19.8 Å². The summed E-state index contributed by atoms with van der Waals surface area (Å²) in [5.41, 5.74) is 4.77. The largest absolute Gasteiger partial charge is 0.481 e. The first-order valence-electron chi connectivity index (χ1n) is 9.09. The summed E-state index contributed by atoms with van der Waals surface area (Å²) < 4.78 is 5.49. The van der Waals surface area contributed by atoms with Crippen LogP contribution in [0.4, 0.5) is 0 Å². The molecule has 2 aromatic rings. The molecular weight excluding hydrogens is 316 g/mol. The highest BCUT2D eigenvalue weighted by atomic mass is 16.5. The normalized spacial score (nSPS) is 23.5. The number of fused-ring (bicyclic) bond motifs is 1. The number of nitrogens with one attached hydrogen (secondary N) is 1. The third-order valence-corrected chi connectivity index (χ3v) is 6.20. The second-order valence-corrected chi connectivity index (χ2v) is 7.81. The summed E-state index contributed by atoms with van der Waals surface area (Å²) in [6.07, 6.45) is 1.71. The Bertz CT molecular complexity index is 805. The standard InChI is InChI=1S/C20H26N2O3/c1-13-3-4-17-15(9-13)14(2)18(21-17)11-22-10-16(19(23)24)20(12-22)5-7-25-8-6-20/h3-4,9,16,21H,5-8,10-12H2,1-2H3,(H,23,24). The zero-order valence-electron chi connectivity index (χ0n) is 15.0. The van der Waals surface area contributed by atoms with Crippen LogP contribution in [0.5, 0.6) is 0 Å². The molecule has 0 saturated carbocycles. The Balaban J connectivity index is 1.59. The van der Waals surface area contributed by atoms with Crippen LogP contribution >= 0.6 is 0 Å². The average molecular weight is 342 g/mol. The van der Waals surface area contributed by atoms with Crippen LogP contribution in [0.1, 0.15) is 29.7 Å². The van der Waals surface area contributed by atoms with Gasteiger partial charge in [-0.05, 0) is 44.4 Å². The van der Waals surface area contributed by atoms with Gasteiger partial charge in [-0.3, -0.25) is 9.69 Å². The topological polar surface area (TPSA) is 65.6 Å². The summed E-state index contributed by atoms with van der Waals surface area (Å²) in [6.45, 7) is 7.89. The highest BCUT2D eigenvalue weighted by molar-refractivity contribution is 5.85. The van der Waals surface area contributed by atoms with Gasteiger partial charge < -0.3 is 14.8 Å². The van der Waals surface area contributed by atoms with Crippen molar-refractivity contribution in [1.29, 1.82) is 0 Å². The second kappa shape index (κ2) is 6.15. The minimum absolute atomic E-state index is 0.124. The van der Waals surface area contributed by atoms with Gasteiger partial charge in [-0.1, -0.05) is 11.6 Å². The fraction of sp³-hybridized carbons (Fsp3) is 0.550. The first kappa shape index (κ1) is 16.6. The number of carboxylic acid groups (broad SMARTS) is 1. The van der Waals surface area contributed by atoms with Gasteiger partial charge in [0.05, 0.1) is 5.92 Å². The van der Waals surface area contributed by atoms with Crippen molar-refractivity contribution in [2.45, 2.75) is 33.2 Å². The summed E-state index contributed by atoms with van der Waals surface area (Å²) >= 11 is 0. The Morgan fingerprint density at radius 3 is 2.84 bits per heavy atom. The average Bonchev–Trinajstić information content (AvgIpc) is 3.08. The monoisotopic (exact) mass is 342 g/mol. The second-order valence-electron chi connectivity index (χ2n) is 7.81. The number of carbonyl (C=O) groups is 1. The quantitative estimate of drug-likeness (QED) is 0.899. The van der Waals surface area contributed by atoms with Gasteiger partial charge in [-0.15, -0.1) is 0 Å². The van der Waals surface area contributed by atoms with E-state index in [9.17, 15) is 9.90 Å². The third kappa shape index (κ3) is 2.85. The van der Waals surface area contributed by atoms with Crippen molar-refractivity contribution in [3.05, 3.63) is 35.0 Å². The maximum atomic E-state index is 11.8. The molecule has 1 aromatic carbocycles. The Morgan fingerprint density at radius 2 is 2.12 bits per heavy atom. The minimum Gasteiger partial charge on any atom is -0.481 e. The molecule has 2 fully saturated rings. The van der Waals surface area contributed by atoms with Crippen LogP contribution in [0.15, 0.2) is 18.2 Å². The molecule has 5 heteroatoms. The molecule has 0 radical (unpaired) electrons. The molecule has 134 valence electrons. The molecule has 2 N–H and O–H groups in total. The first-order valence-corrected chi connectivity index (χ1v) is 9.09. The molecule has 1 spiro atoms. The number of aryl methyl sites for hydroxylation is 2. The van der Waals surface area contributed by atoms with Crippen molar-refractivity contribution >= 4 is 16.9 Å². The van der Waals surface area contributed by atoms with E-state index in [1.807, 2.05) is 0 Å². The minimum atomic E-state index is -0.659. The lowest BCUT2D eigenvalue weighted by Crippen LogP contribution is -2.40. The number of hydrogen-bond donors (Lipinski definition) is 2. The number of hydrogen-bond acceptors (Lipinski definition) is 3. The van der Waals surface area contributed by atoms with E-state index in [-0.39, 0.29) is 11.3 Å². The summed E-state index contributed by atoms with van der Waals surface area (Å²) in [5, 5.41) is 11.0. The fourth-order valence-corrected chi connectivity index (χ4v) is 4.69. The lowest BCUT2D eigenvalue weighted by molar-refractivity contribution is -0.147. The van der Waals surface area contributed by atoms with E-state index in [2.05, 4.69) is 41.9 Å². The lowest BCUT2D eigenvalue weighted by atomic mass is 9.72. The van der Waals surface area contributed by atoms with Crippen LogP contribution in [0.3, 0.4) is 0 Å². The third-order valence-electron chi connectivity index (χ3n) is 6.20. The number of nitrogens with zero attached hydrogens (tertiary/aromatic N) is 1. The van der Waals surface area contributed by atoms with Crippen molar-refractivity contribution in [1.82, 2.24) is 9.88 Å². The molecule has 2 aliphatic heterocycles. The van der Waals surface area contributed by atoms with Crippen LogP contribution in [0.2, 0.25) is 0 Å². The van der Waals surface area contributed by atoms with E-state index < -0.39 is 5.97 Å². The maximum absolute atomic E-state index is 11.8. The molecule has 1 atom stereocenters. The molecule has 1 aromatic heterocycles. The maximum Gasteiger partial charge on any atom is 0.308 e. The number of aromatic amines is 1. The predicted octanol–water partition coefficient (Wildman–Crippen LogP) is 3.10. The highest BCUT2D eigenvalue weighted by Gasteiger charge is 2.50. The van der Waals surface area contributed by atoms with Gasteiger partial charge in [-0.25, -0.2) is 0 Å². The van der Waals surface area contributed by atoms with Crippen LogP contribution in [0.25, 0.3) is 10.9 Å². The van der Waals surface area contributed by atoms with Crippen molar-refractivity contribution < 1.29 is 14.6 Å². The van der Waals surface area contributed by atoms with Crippen molar-refractivity contribution in [2.24, 2.45) is 11.3 Å². The Hall–Kier alpha value is -1.85. The SMILES string of the molecule is Cc1ccc2[nH]c(CN3CC(C(=O)O)C4(CCOCC4)C3)c(C)c2c1. The van der Waals surface area contributed by atoms with Crippen LogP contribution < -0.4 is 0 Å². The molecule has 0 bridgehead atoms. The summed E-state index contributed by atoms with van der Waals surface area (Å²) in [5.74, 6) is -0.947. The Kier molecular flexibility index (Phi) is 4.08. The number of ether oxygens (including phenoxy) is 1. The van der Waals surface area contributed by atoms with Crippen molar-refractivity contribution in [3.8, 4) is 0 Å². The number of carboxylic acids is 1. The summed E-state index contributed by atoms with van der Waals surface area (Å²) in [6, 6.07) is 6.47. The van der Waals surface area contributed by atoms with Gasteiger partial charge in [0.2, 0.25) is 0 Å². The molecule has 0 amide bonds. The van der Waals surface area contributed by atoms with Crippen LogP contribution in [-0.2, 0) is 16.1 Å². The number of benzene rings is 1. The molecule has 25 heavy (non-hydrogen) atoms. The van der Waals surface area contributed by atoms with Gasteiger partial charge in [0.15, 0.2) is 0 Å². The number of aromatic nitrogens is 1. The zero-order chi connectivity index (χ0) is 17.6. The first-order chi connectivity index (χ1) is 12.0. The molecule has 1 unspecified atom stereocenters. The van der Waals surface area contributed by atoms with Gasteiger partial charge in [-0.2, -0.15) is 0 Å². The molecule has 5 nitrogen and oxygen atoms in total. The van der Waals surface area contributed by atoms with Crippen LogP contribution in [-0.4, -0.2) is 47.3 Å². The molecule has 4 rings (SSSR count). The fourth-order valence-electron chi connectivity index (χ4n) is 4.69. The van der Waals surface area contributed by atoms with Gasteiger partial charge >= 0.3 is 5.97 Å². The molecular formula is C20H26N2O3. The Labute approximate surface area is 148 Å². The Morgan fingerprint density at radius 1 is 1.36 bits per heavy atom. The zero-order valence-corrected chi connectivity index (χ0v) is 15.0. The molecule has 0 aliphatic carbocycles. The van der Waals surface area contributed by atoms with E-state index in [4.69, 9.17) is 4.74 Å².